The molecule has 0 bridgehead atoms. The quantitative estimate of drug-likeness (QED) is 0.0287. The summed E-state index contributed by atoms with van der Waals surface area (Å²) in [6.45, 7) is 16.3. The Kier molecular flexibility index (Phi) is 36.1. The van der Waals surface area contributed by atoms with Gasteiger partial charge in [-0.2, -0.15) is 0 Å². The number of hydrogen-bond acceptors (Lipinski definition) is 5. The molecule has 460 valence electrons. The van der Waals surface area contributed by atoms with E-state index in [9.17, 15) is 0 Å². The highest BCUT2D eigenvalue weighted by Crippen LogP contribution is 2.37. The van der Waals surface area contributed by atoms with E-state index < -0.39 is 0 Å². The summed E-state index contributed by atoms with van der Waals surface area (Å²) < 4.78 is 32.2. The predicted octanol–water partition coefficient (Wildman–Crippen LogP) is 24.8. The lowest BCUT2D eigenvalue weighted by atomic mass is 9.94. The van der Waals surface area contributed by atoms with Crippen LogP contribution in [0.5, 0.6) is 28.7 Å². The van der Waals surface area contributed by atoms with Gasteiger partial charge in [0.15, 0.2) is 0 Å². The van der Waals surface area contributed by atoms with Crippen LogP contribution in [-0.2, 0) is 0 Å². The molecule has 0 atom stereocenters. The molecule has 0 heterocycles. The highest BCUT2D eigenvalue weighted by molar-refractivity contribution is 5.87. The molecule has 0 spiro atoms. The summed E-state index contributed by atoms with van der Waals surface area (Å²) in [6, 6.07) is 32.9. The third kappa shape index (κ3) is 27.1. The Morgan fingerprint density at radius 2 is 0.762 bits per heavy atom. The van der Waals surface area contributed by atoms with Crippen molar-refractivity contribution in [1.29, 1.82) is 0 Å². The van der Waals surface area contributed by atoms with E-state index in [4.69, 9.17) is 23.7 Å². The molecule has 0 saturated heterocycles. The van der Waals surface area contributed by atoms with Gasteiger partial charge in [-0.3, -0.25) is 0 Å². The van der Waals surface area contributed by atoms with Crippen LogP contribution in [0.25, 0.3) is 52.6 Å². The molecule has 0 saturated carbocycles. The third-order valence-electron chi connectivity index (χ3n) is 16.4. The molecule has 5 rings (SSSR count). The van der Waals surface area contributed by atoms with E-state index in [1.807, 2.05) is 0 Å². The van der Waals surface area contributed by atoms with E-state index in [1.54, 1.807) is 7.11 Å². The minimum Gasteiger partial charge on any atom is -0.496 e. The molecule has 0 N–H and O–H groups in total. The van der Waals surface area contributed by atoms with Crippen molar-refractivity contribution in [3.63, 3.8) is 0 Å². The Labute approximate surface area is 513 Å². The molecule has 5 heteroatoms. The van der Waals surface area contributed by atoms with Crippen molar-refractivity contribution < 1.29 is 23.7 Å². The average Bonchev–Trinajstić information content (AvgIpc) is 3.56. The zero-order valence-electron chi connectivity index (χ0n) is 54.1. The van der Waals surface area contributed by atoms with Crippen LogP contribution in [0, 0.1) is 6.92 Å². The standard InChI is InChI=1S/C79H114O5/c1-8-13-17-21-25-29-33-37-55-81-73-53-51-68(52-54-73)76-62-71(48-46-66-45-47-67(42-12-5)75(60-66)69-43-41-44-74(61-69)82-56-38-34-30-26-22-18-14-9-2)78(80-7)63-70(76)49-50-72-64-77(83-57-39-35-31-27-23-19-15-10-3)65(6)59-79(72)84-58-40-36-32-28-24-20-16-11-4/h12,41-54,59-64H,8-11,13-40,55-58H2,1-7H3/b42-12+,48-46+,50-49+. The van der Waals surface area contributed by atoms with Crippen molar-refractivity contribution >= 4 is 30.4 Å². The van der Waals surface area contributed by atoms with Gasteiger partial charge in [0.05, 0.1) is 33.5 Å². The minimum atomic E-state index is 0.695. The van der Waals surface area contributed by atoms with Crippen LogP contribution >= 0.6 is 0 Å². The summed E-state index contributed by atoms with van der Waals surface area (Å²) in [5, 5.41) is 0. The van der Waals surface area contributed by atoms with Crippen molar-refractivity contribution in [2.75, 3.05) is 33.5 Å². The number of rotatable bonds is 48. The maximum absolute atomic E-state index is 6.68. The van der Waals surface area contributed by atoms with Crippen LogP contribution in [-0.4, -0.2) is 33.5 Å². The summed E-state index contributed by atoms with van der Waals surface area (Å²) in [5.74, 6) is 4.45. The first-order valence-corrected chi connectivity index (χ1v) is 34.1. The average molecular weight is 1140 g/mol. The molecule has 0 aliphatic rings. The van der Waals surface area contributed by atoms with Gasteiger partial charge in [-0.1, -0.05) is 280 Å². The molecular weight excluding hydrogens is 1030 g/mol. The fourth-order valence-electron chi connectivity index (χ4n) is 11.2. The molecule has 0 radical (unpaired) electrons. The molecule has 5 aromatic rings. The number of allylic oxidation sites excluding steroid dienone is 1. The van der Waals surface area contributed by atoms with Gasteiger partial charge >= 0.3 is 0 Å². The highest BCUT2D eigenvalue weighted by Gasteiger charge is 2.14. The fourth-order valence-corrected chi connectivity index (χ4v) is 11.2. The van der Waals surface area contributed by atoms with E-state index in [0.717, 1.165) is 119 Å². The molecule has 5 nitrogen and oxygen atoms in total. The molecular formula is C79H114O5. The van der Waals surface area contributed by atoms with Crippen molar-refractivity contribution in [2.24, 2.45) is 0 Å². The number of ether oxygens (including phenoxy) is 5. The summed E-state index contributed by atoms with van der Waals surface area (Å²) in [5.41, 5.74) is 11.0. The van der Waals surface area contributed by atoms with E-state index in [1.165, 1.54) is 191 Å². The Balaban J connectivity index is 1.43. The van der Waals surface area contributed by atoms with E-state index in [2.05, 4.69) is 169 Å². The number of benzene rings is 5. The summed E-state index contributed by atoms with van der Waals surface area (Å²) in [4.78, 5) is 0. The van der Waals surface area contributed by atoms with Crippen LogP contribution in [0.1, 0.15) is 273 Å². The van der Waals surface area contributed by atoms with Gasteiger partial charge in [0, 0.05) is 11.1 Å². The molecule has 0 aliphatic heterocycles. The molecule has 5 aromatic carbocycles. The minimum absolute atomic E-state index is 0.695. The number of hydrogen-bond donors (Lipinski definition) is 0. The summed E-state index contributed by atoms with van der Waals surface area (Å²) in [7, 11) is 1.78. The second kappa shape index (κ2) is 43.9. The lowest BCUT2D eigenvalue weighted by molar-refractivity contribution is 0.294. The van der Waals surface area contributed by atoms with Gasteiger partial charge in [0.25, 0.3) is 0 Å². The van der Waals surface area contributed by atoms with Crippen LogP contribution in [0.2, 0.25) is 0 Å². The van der Waals surface area contributed by atoms with Gasteiger partial charge in [0.2, 0.25) is 0 Å². The molecule has 0 aliphatic carbocycles. The SMILES string of the molecule is C/C=C/c1ccc(/C=C/c2cc(-c3ccc(OCCCCCCCCCC)cc3)c(/C=C/c3cc(OCCCCCCCCCC)c(C)cc3OCCCCCCCCCC)cc2OC)cc1-c1cccc(OCCCCCCCCCC)c1. The Bertz CT molecular complexity index is 2600. The molecule has 0 unspecified atom stereocenters. The third-order valence-corrected chi connectivity index (χ3v) is 16.4. The van der Waals surface area contributed by atoms with Gasteiger partial charge in [-0.15, -0.1) is 0 Å². The number of unbranched alkanes of at least 4 members (excludes halogenated alkanes) is 28. The van der Waals surface area contributed by atoms with Crippen LogP contribution in [0.15, 0.2) is 97.1 Å². The zero-order chi connectivity index (χ0) is 59.5. The van der Waals surface area contributed by atoms with Gasteiger partial charge < -0.3 is 23.7 Å². The molecule has 84 heavy (non-hydrogen) atoms. The van der Waals surface area contributed by atoms with E-state index in [0.29, 0.717) is 6.61 Å². The van der Waals surface area contributed by atoms with Crippen molar-refractivity contribution in [3.05, 3.63) is 130 Å². The topological polar surface area (TPSA) is 46.2 Å². The van der Waals surface area contributed by atoms with Crippen LogP contribution in [0.4, 0.5) is 0 Å². The second-order valence-corrected chi connectivity index (χ2v) is 23.7. The van der Waals surface area contributed by atoms with Crippen LogP contribution in [0.3, 0.4) is 0 Å². The molecule has 0 aromatic heterocycles. The Hall–Kier alpha value is -5.68. The monoisotopic (exact) mass is 1140 g/mol. The zero-order valence-corrected chi connectivity index (χ0v) is 54.1. The predicted molar refractivity (Wildman–Crippen MR) is 366 cm³/mol. The normalized spacial score (nSPS) is 11.7. The van der Waals surface area contributed by atoms with Crippen molar-refractivity contribution in [1.82, 2.24) is 0 Å². The Morgan fingerprint density at radius 1 is 0.321 bits per heavy atom. The number of aryl methyl sites for hydroxylation is 1. The van der Waals surface area contributed by atoms with Crippen molar-refractivity contribution in [3.8, 4) is 51.0 Å². The first-order chi connectivity index (χ1) is 41.4. The molecule has 0 amide bonds. The number of methoxy groups -OCH3 is 1. The highest BCUT2D eigenvalue weighted by atomic mass is 16.5. The first-order valence-electron chi connectivity index (χ1n) is 34.1. The molecule has 0 fully saturated rings. The smallest absolute Gasteiger partial charge is 0.127 e. The second-order valence-electron chi connectivity index (χ2n) is 23.7. The summed E-state index contributed by atoms with van der Waals surface area (Å²) in [6.07, 6.45) is 54.0. The maximum Gasteiger partial charge on any atom is 0.127 e. The maximum atomic E-state index is 6.68. The van der Waals surface area contributed by atoms with Crippen LogP contribution < -0.4 is 23.7 Å². The lowest BCUT2D eigenvalue weighted by Gasteiger charge is -2.16. The van der Waals surface area contributed by atoms with Gasteiger partial charge in [-0.25, -0.2) is 0 Å². The van der Waals surface area contributed by atoms with Crippen molar-refractivity contribution in [2.45, 2.75) is 247 Å². The summed E-state index contributed by atoms with van der Waals surface area (Å²) >= 11 is 0. The largest absolute Gasteiger partial charge is 0.496 e. The van der Waals surface area contributed by atoms with E-state index >= 15 is 0 Å². The Morgan fingerprint density at radius 3 is 1.29 bits per heavy atom. The van der Waals surface area contributed by atoms with E-state index in [-0.39, 0.29) is 0 Å². The lowest BCUT2D eigenvalue weighted by Crippen LogP contribution is -2.03. The van der Waals surface area contributed by atoms with Gasteiger partial charge in [-0.05, 0) is 139 Å². The first kappa shape index (κ1) is 69.1. The van der Waals surface area contributed by atoms with Gasteiger partial charge in [0.1, 0.15) is 28.7 Å². The fraction of sp³-hybridized carbons (Fsp3) is 0.544.